The van der Waals surface area contributed by atoms with Crippen LogP contribution in [0, 0.1) is 0 Å². The van der Waals surface area contributed by atoms with Gasteiger partial charge in [-0.1, -0.05) is 35.9 Å². The van der Waals surface area contributed by atoms with Gasteiger partial charge in [-0.2, -0.15) is 0 Å². The van der Waals surface area contributed by atoms with Gasteiger partial charge in [0.2, 0.25) is 0 Å². The van der Waals surface area contributed by atoms with Crippen molar-refractivity contribution in [2.45, 2.75) is 58.8 Å². The first-order valence-electron chi connectivity index (χ1n) is 8.92. The topological polar surface area (TPSA) is 53.0 Å². The van der Waals surface area contributed by atoms with Crippen LogP contribution in [0.1, 0.15) is 45.2 Å². The SMILES string of the molecule is CC(O)CCc1ccc(COC2=C(Cl)C(=O)N(C(C)(C)C)N(C)C2)cc1. The summed E-state index contributed by atoms with van der Waals surface area (Å²) in [5, 5.41) is 13.0. The molecule has 1 amide bonds. The van der Waals surface area contributed by atoms with E-state index in [0.29, 0.717) is 18.9 Å². The van der Waals surface area contributed by atoms with E-state index in [1.165, 1.54) is 5.56 Å². The Morgan fingerprint density at radius 3 is 2.35 bits per heavy atom. The van der Waals surface area contributed by atoms with Crippen LogP contribution in [0.25, 0.3) is 0 Å². The molecule has 1 aliphatic rings. The smallest absolute Gasteiger partial charge is 0.283 e. The van der Waals surface area contributed by atoms with Crippen molar-refractivity contribution in [3.63, 3.8) is 0 Å². The summed E-state index contributed by atoms with van der Waals surface area (Å²) in [5.74, 6) is 0.259. The third-order valence-corrected chi connectivity index (χ3v) is 4.63. The Bertz CT molecular complexity index is 663. The second-order valence-electron chi connectivity index (χ2n) is 7.83. The number of rotatable bonds is 6. The molecule has 1 aliphatic heterocycles. The van der Waals surface area contributed by atoms with Gasteiger partial charge in [0.1, 0.15) is 17.4 Å². The number of aryl methyl sites for hydroxylation is 1. The Kier molecular flexibility index (Phi) is 6.72. The first kappa shape index (κ1) is 20.7. The van der Waals surface area contributed by atoms with Gasteiger partial charge in [0.25, 0.3) is 5.91 Å². The zero-order valence-corrected chi connectivity index (χ0v) is 17.0. The predicted octanol–water partition coefficient (Wildman–Crippen LogP) is 3.45. The molecule has 0 radical (unpaired) electrons. The van der Waals surface area contributed by atoms with Crippen molar-refractivity contribution in [2.24, 2.45) is 0 Å². The maximum atomic E-state index is 12.6. The molecule has 1 aromatic rings. The van der Waals surface area contributed by atoms with Gasteiger partial charge >= 0.3 is 0 Å². The molecule has 0 aliphatic carbocycles. The summed E-state index contributed by atoms with van der Waals surface area (Å²) in [6.07, 6.45) is 1.30. The van der Waals surface area contributed by atoms with Gasteiger partial charge in [-0.25, -0.2) is 5.01 Å². The molecule has 26 heavy (non-hydrogen) atoms. The Labute approximate surface area is 161 Å². The van der Waals surface area contributed by atoms with Crippen molar-refractivity contribution < 1.29 is 14.6 Å². The van der Waals surface area contributed by atoms with Gasteiger partial charge in [0.05, 0.1) is 18.2 Å². The lowest BCUT2D eigenvalue weighted by Crippen LogP contribution is -2.57. The largest absolute Gasteiger partial charge is 0.490 e. The Balaban J connectivity index is 2.00. The monoisotopic (exact) mass is 380 g/mol. The van der Waals surface area contributed by atoms with Crippen molar-refractivity contribution in [3.8, 4) is 0 Å². The lowest BCUT2D eigenvalue weighted by molar-refractivity contribution is -0.157. The van der Waals surface area contributed by atoms with Crippen LogP contribution >= 0.6 is 11.6 Å². The number of carbonyl (C=O) groups is 1. The number of carbonyl (C=O) groups excluding carboxylic acids is 1. The van der Waals surface area contributed by atoms with E-state index in [-0.39, 0.29) is 22.6 Å². The van der Waals surface area contributed by atoms with Crippen molar-refractivity contribution in [3.05, 3.63) is 46.2 Å². The van der Waals surface area contributed by atoms with Gasteiger partial charge < -0.3 is 9.84 Å². The number of benzene rings is 1. The number of ether oxygens (including phenoxy) is 1. The van der Waals surface area contributed by atoms with E-state index in [0.717, 1.165) is 18.4 Å². The van der Waals surface area contributed by atoms with Crippen LogP contribution in [0.2, 0.25) is 0 Å². The first-order valence-corrected chi connectivity index (χ1v) is 9.30. The number of aliphatic hydroxyl groups is 1. The van der Waals surface area contributed by atoms with Crippen LogP contribution < -0.4 is 0 Å². The summed E-state index contributed by atoms with van der Waals surface area (Å²) in [5.41, 5.74) is 1.84. The molecule has 5 nitrogen and oxygen atoms in total. The number of hydrogen-bond donors (Lipinski definition) is 1. The van der Waals surface area contributed by atoms with Crippen LogP contribution in [-0.4, -0.2) is 46.3 Å². The van der Waals surface area contributed by atoms with Crippen molar-refractivity contribution in [1.82, 2.24) is 10.0 Å². The second kappa shape index (κ2) is 8.42. The summed E-state index contributed by atoms with van der Waals surface area (Å²) in [7, 11) is 1.85. The minimum Gasteiger partial charge on any atom is -0.490 e. The molecule has 1 N–H and O–H groups in total. The van der Waals surface area contributed by atoms with Gasteiger partial charge in [0.15, 0.2) is 0 Å². The van der Waals surface area contributed by atoms with Crippen LogP contribution in [0.15, 0.2) is 35.1 Å². The second-order valence-corrected chi connectivity index (χ2v) is 8.21. The average molecular weight is 381 g/mol. The molecular weight excluding hydrogens is 352 g/mol. The third kappa shape index (κ3) is 5.22. The van der Waals surface area contributed by atoms with Crippen molar-refractivity contribution in [1.29, 1.82) is 0 Å². The molecule has 0 spiro atoms. The molecule has 0 saturated carbocycles. The molecule has 1 heterocycles. The van der Waals surface area contributed by atoms with E-state index in [2.05, 4.69) is 0 Å². The lowest BCUT2D eigenvalue weighted by Gasteiger charge is -2.44. The fraction of sp³-hybridized carbons (Fsp3) is 0.550. The van der Waals surface area contributed by atoms with Crippen molar-refractivity contribution >= 4 is 17.5 Å². The van der Waals surface area contributed by atoms with Gasteiger partial charge in [-0.3, -0.25) is 9.80 Å². The van der Waals surface area contributed by atoms with Crippen molar-refractivity contribution in [2.75, 3.05) is 13.6 Å². The van der Waals surface area contributed by atoms with E-state index >= 15 is 0 Å². The molecule has 0 saturated heterocycles. The summed E-state index contributed by atoms with van der Waals surface area (Å²) < 4.78 is 5.84. The van der Waals surface area contributed by atoms with Gasteiger partial charge in [-0.05, 0) is 51.7 Å². The molecule has 0 bridgehead atoms. The minimum absolute atomic E-state index is 0.145. The highest BCUT2D eigenvalue weighted by Gasteiger charge is 2.37. The number of nitrogens with zero attached hydrogens (tertiary/aromatic N) is 2. The average Bonchev–Trinajstić information content (AvgIpc) is 2.54. The highest BCUT2D eigenvalue weighted by molar-refractivity contribution is 6.42. The fourth-order valence-corrected chi connectivity index (χ4v) is 3.18. The third-order valence-electron chi connectivity index (χ3n) is 4.26. The maximum absolute atomic E-state index is 12.6. The maximum Gasteiger partial charge on any atom is 0.283 e. The van der Waals surface area contributed by atoms with E-state index in [1.54, 1.807) is 11.9 Å². The van der Waals surface area contributed by atoms with E-state index in [1.807, 2.05) is 57.1 Å². The Morgan fingerprint density at radius 1 is 1.23 bits per heavy atom. The lowest BCUT2D eigenvalue weighted by atomic mass is 10.1. The first-order chi connectivity index (χ1) is 12.1. The molecular formula is C20H29ClN2O3. The van der Waals surface area contributed by atoms with Crippen LogP contribution in [0.5, 0.6) is 0 Å². The standard InChI is InChI=1S/C20H29ClN2O3/c1-14(24)6-7-15-8-10-16(11-9-15)13-26-17-12-22(5)23(20(2,3)4)19(25)18(17)21/h8-11,14,24H,6-7,12-13H2,1-5H3. The van der Waals surface area contributed by atoms with E-state index in [9.17, 15) is 9.90 Å². The normalized spacial score (nSPS) is 17.7. The quantitative estimate of drug-likeness (QED) is 0.821. The zero-order chi connectivity index (χ0) is 19.5. The molecule has 6 heteroatoms. The number of aliphatic hydroxyl groups excluding tert-OH is 1. The van der Waals surface area contributed by atoms with Gasteiger partial charge in [0, 0.05) is 7.05 Å². The summed E-state index contributed by atoms with van der Waals surface area (Å²) in [6, 6.07) is 8.08. The highest BCUT2D eigenvalue weighted by atomic mass is 35.5. The molecule has 1 atom stereocenters. The highest BCUT2D eigenvalue weighted by Crippen LogP contribution is 2.28. The fourth-order valence-electron chi connectivity index (χ4n) is 2.99. The molecule has 0 fully saturated rings. The zero-order valence-electron chi connectivity index (χ0n) is 16.3. The Morgan fingerprint density at radius 2 is 1.81 bits per heavy atom. The summed E-state index contributed by atoms with van der Waals surface area (Å²) in [4.78, 5) is 12.6. The van der Waals surface area contributed by atoms with E-state index < -0.39 is 0 Å². The summed E-state index contributed by atoms with van der Waals surface area (Å²) >= 11 is 6.27. The molecule has 1 aromatic carbocycles. The van der Waals surface area contributed by atoms with Crippen LogP contribution in [0.4, 0.5) is 0 Å². The molecule has 144 valence electrons. The Hall–Kier alpha value is -1.56. The van der Waals surface area contributed by atoms with Crippen LogP contribution in [-0.2, 0) is 22.6 Å². The molecule has 0 aromatic heterocycles. The number of hydrogen-bond acceptors (Lipinski definition) is 4. The summed E-state index contributed by atoms with van der Waals surface area (Å²) in [6.45, 7) is 8.51. The predicted molar refractivity (Wildman–Crippen MR) is 103 cm³/mol. The number of amides is 1. The van der Waals surface area contributed by atoms with Crippen LogP contribution in [0.3, 0.4) is 0 Å². The minimum atomic E-state index is -0.348. The number of hydrazine groups is 1. The number of halogens is 1. The molecule has 1 unspecified atom stereocenters. The number of likely N-dealkylation sites (N-methyl/N-ethyl adjacent to an activating group) is 1. The van der Waals surface area contributed by atoms with E-state index in [4.69, 9.17) is 16.3 Å². The molecule has 2 rings (SSSR count). The van der Waals surface area contributed by atoms with Gasteiger partial charge in [-0.15, -0.1) is 0 Å².